The lowest BCUT2D eigenvalue weighted by Gasteiger charge is -2.28. The molecule has 0 amide bonds. The lowest BCUT2D eigenvalue weighted by molar-refractivity contribution is 0.549. The molecule has 1 aromatic rings. The number of nitrogens with one attached hydrogen (secondary N) is 1. The van der Waals surface area contributed by atoms with E-state index in [4.69, 9.17) is 5.73 Å². The molecule has 1 fully saturated rings. The van der Waals surface area contributed by atoms with Gasteiger partial charge in [0.2, 0.25) is 5.95 Å². The van der Waals surface area contributed by atoms with Gasteiger partial charge in [-0.25, -0.2) is 0 Å². The van der Waals surface area contributed by atoms with Crippen LogP contribution >= 0.6 is 0 Å². The maximum absolute atomic E-state index is 5.74. The van der Waals surface area contributed by atoms with Gasteiger partial charge in [-0.3, -0.25) is 0 Å². The van der Waals surface area contributed by atoms with E-state index in [2.05, 4.69) is 27.2 Å². The SMILES string of the molecule is CNc1cc(N(C)C2CCCCCC2)nc(N)n1. The maximum atomic E-state index is 5.74. The maximum Gasteiger partial charge on any atom is 0.223 e. The van der Waals surface area contributed by atoms with E-state index in [1.54, 1.807) is 0 Å². The van der Waals surface area contributed by atoms with Crippen LogP contribution in [0, 0.1) is 0 Å². The lowest BCUT2D eigenvalue weighted by atomic mass is 10.1. The molecule has 5 nitrogen and oxygen atoms in total. The van der Waals surface area contributed by atoms with E-state index < -0.39 is 0 Å². The Kier molecular flexibility index (Phi) is 4.23. The summed E-state index contributed by atoms with van der Waals surface area (Å²) in [5.41, 5.74) is 5.74. The number of nitrogens with two attached hydrogens (primary N) is 1. The minimum atomic E-state index is 0.331. The molecule has 0 unspecified atom stereocenters. The fraction of sp³-hybridized carbons (Fsp3) is 0.692. The molecule has 0 spiro atoms. The molecule has 18 heavy (non-hydrogen) atoms. The Morgan fingerprint density at radius 2 is 1.89 bits per heavy atom. The molecule has 0 bridgehead atoms. The van der Waals surface area contributed by atoms with Gasteiger partial charge in [-0.1, -0.05) is 25.7 Å². The molecule has 1 aromatic heterocycles. The number of rotatable bonds is 3. The summed E-state index contributed by atoms with van der Waals surface area (Å²) in [5.74, 6) is 2.02. The second-order valence-electron chi connectivity index (χ2n) is 4.98. The highest BCUT2D eigenvalue weighted by atomic mass is 15.2. The van der Waals surface area contributed by atoms with E-state index in [9.17, 15) is 0 Å². The number of hydrogen-bond acceptors (Lipinski definition) is 5. The Morgan fingerprint density at radius 3 is 2.50 bits per heavy atom. The van der Waals surface area contributed by atoms with Crippen molar-refractivity contribution >= 4 is 17.6 Å². The largest absolute Gasteiger partial charge is 0.373 e. The van der Waals surface area contributed by atoms with Gasteiger partial charge < -0.3 is 16.0 Å². The van der Waals surface area contributed by atoms with E-state index in [-0.39, 0.29) is 0 Å². The van der Waals surface area contributed by atoms with Crippen molar-refractivity contribution in [2.45, 2.75) is 44.6 Å². The molecule has 3 N–H and O–H groups in total. The fourth-order valence-electron chi connectivity index (χ4n) is 2.59. The summed E-state index contributed by atoms with van der Waals surface area (Å²) in [5, 5.41) is 3.02. The van der Waals surface area contributed by atoms with Crippen molar-refractivity contribution in [2.24, 2.45) is 0 Å². The summed E-state index contributed by atoms with van der Waals surface area (Å²) < 4.78 is 0. The summed E-state index contributed by atoms with van der Waals surface area (Å²) >= 11 is 0. The first-order chi connectivity index (χ1) is 8.70. The zero-order valence-corrected chi connectivity index (χ0v) is 11.3. The fourth-order valence-corrected chi connectivity index (χ4v) is 2.59. The molecule has 1 saturated carbocycles. The summed E-state index contributed by atoms with van der Waals surface area (Å²) in [7, 11) is 3.95. The molecule has 0 aliphatic heterocycles. The van der Waals surface area contributed by atoms with Gasteiger partial charge in [0.1, 0.15) is 11.6 Å². The number of anilines is 3. The minimum absolute atomic E-state index is 0.331. The monoisotopic (exact) mass is 249 g/mol. The van der Waals surface area contributed by atoms with Crippen LogP contribution in [0.3, 0.4) is 0 Å². The molecule has 5 heteroatoms. The van der Waals surface area contributed by atoms with E-state index in [1.165, 1.54) is 38.5 Å². The molecule has 0 aromatic carbocycles. The van der Waals surface area contributed by atoms with Crippen molar-refractivity contribution in [1.82, 2.24) is 9.97 Å². The Hall–Kier alpha value is -1.52. The zero-order chi connectivity index (χ0) is 13.0. The number of nitrogen functional groups attached to an aromatic ring is 1. The van der Waals surface area contributed by atoms with Crippen LogP contribution in [0.2, 0.25) is 0 Å². The number of hydrogen-bond donors (Lipinski definition) is 2. The molecule has 0 radical (unpaired) electrons. The third kappa shape index (κ3) is 3.03. The van der Waals surface area contributed by atoms with Gasteiger partial charge in [-0.05, 0) is 12.8 Å². The van der Waals surface area contributed by atoms with Crippen LogP contribution in [0.25, 0.3) is 0 Å². The predicted molar refractivity (Wildman–Crippen MR) is 75.9 cm³/mol. The van der Waals surface area contributed by atoms with Crippen molar-refractivity contribution in [3.05, 3.63) is 6.07 Å². The Bertz CT molecular complexity index is 385. The van der Waals surface area contributed by atoms with E-state index in [0.717, 1.165) is 11.6 Å². The van der Waals surface area contributed by atoms with Gasteiger partial charge in [-0.15, -0.1) is 0 Å². The van der Waals surface area contributed by atoms with Gasteiger partial charge in [0.15, 0.2) is 0 Å². The first kappa shape index (κ1) is 12.9. The van der Waals surface area contributed by atoms with Crippen LogP contribution in [-0.4, -0.2) is 30.1 Å². The van der Waals surface area contributed by atoms with Gasteiger partial charge >= 0.3 is 0 Å². The van der Waals surface area contributed by atoms with Gasteiger partial charge in [0.25, 0.3) is 0 Å². The van der Waals surface area contributed by atoms with Crippen LogP contribution < -0.4 is 16.0 Å². The van der Waals surface area contributed by atoms with Gasteiger partial charge in [-0.2, -0.15) is 9.97 Å². The topological polar surface area (TPSA) is 67.1 Å². The molecular weight excluding hydrogens is 226 g/mol. The molecule has 100 valence electrons. The first-order valence-electron chi connectivity index (χ1n) is 6.76. The molecule has 1 heterocycles. The highest BCUT2D eigenvalue weighted by Gasteiger charge is 2.18. The van der Waals surface area contributed by atoms with Crippen LogP contribution in [-0.2, 0) is 0 Å². The Morgan fingerprint density at radius 1 is 1.22 bits per heavy atom. The average Bonchev–Trinajstić information content (AvgIpc) is 2.65. The Balaban J connectivity index is 2.15. The predicted octanol–water partition coefficient (Wildman–Crippen LogP) is 2.26. The van der Waals surface area contributed by atoms with Crippen molar-refractivity contribution < 1.29 is 0 Å². The minimum Gasteiger partial charge on any atom is -0.373 e. The third-order valence-corrected chi connectivity index (χ3v) is 3.72. The van der Waals surface area contributed by atoms with Crippen molar-refractivity contribution in [3.63, 3.8) is 0 Å². The van der Waals surface area contributed by atoms with Crippen molar-refractivity contribution in [1.29, 1.82) is 0 Å². The number of nitrogens with zero attached hydrogens (tertiary/aromatic N) is 3. The van der Waals surface area contributed by atoms with Crippen molar-refractivity contribution in [2.75, 3.05) is 30.0 Å². The highest BCUT2D eigenvalue weighted by Crippen LogP contribution is 2.25. The molecule has 1 aliphatic rings. The average molecular weight is 249 g/mol. The Labute approximate surface area is 109 Å². The lowest BCUT2D eigenvalue weighted by Crippen LogP contribution is -2.32. The second kappa shape index (κ2) is 5.89. The van der Waals surface area contributed by atoms with Crippen LogP contribution in [0.1, 0.15) is 38.5 Å². The van der Waals surface area contributed by atoms with E-state index >= 15 is 0 Å². The van der Waals surface area contributed by atoms with Crippen LogP contribution in [0.15, 0.2) is 6.07 Å². The van der Waals surface area contributed by atoms with Gasteiger partial charge in [0, 0.05) is 26.2 Å². The molecule has 1 aliphatic carbocycles. The standard InChI is InChI=1S/C13H23N5/c1-15-11-9-12(17-13(14)16-11)18(2)10-7-5-3-4-6-8-10/h9-10H,3-8H2,1-2H3,(H3,14,15,16,17). The van der Waals surface area contributed by atoms with E-state index in [0.29, 0.717) is 12.0 Å². The van der Waals surface area contributed by atoms with Gasteiger partial charge in [0.05, 0.1) is 0 Å². The second-order valence-corrected chi connectivity index (χ2v) is 4.98. The normalized spacial score (nSPS) is 17.2. The highest BCUT2D eigenvalue weighted by molar-refractivity contribution is 5.52. The summed E-state index contributed by atoms with van der Waals surface area (Å²) in [6, 6.07) is 2.54. The quantitative estimate of drug-likeness (QED) is 0.804. The molecular formula is C13H23N5. The first-order valence-corrected chi connectivity index (χ1v) is 6.76. The van der Waals surface area contributed by atoms with Crippen LogP contribution in [0.4, 0.5) is 17.6 Å². The third-order valence-electron chi connectivity index (χ3n) is 3.72. The van der Waals surface area contributed by atoms with E-state index in [1.807, 2.05) is 13.1 Å². The number of aromatic nitrogens is 2. The smallest absolute Gasteiger partial charge is 0.223 e. The summed E-state index contributed by atoms with van der Waals surface area (Å²) in [4.78, 5) is 10.7. The molecule has 0 atom stereocenters. The summed E-state index contributed by atoms with van der Waals surface area (Å²) in [6.07, 6.45) is 7.84. The van der Waals surface area contributed by atoms with Crippen molar-refractivity contribution in [3.8, 4) is 0 Å². The zero-order valence-electron chi connectivity index (χ0n) is 11.3. The molecule has 2 rings (SSSR count). The summed E-state index contributed by atoms with van der Waals surface area (Å²) in [6.45, 7) is 0. The molecule has 0 saturated heterocycles. The van der Waals surface area contributed by atoms with Crippen LogP contribution in [0.5, 0.6) is 0 Å².